The number of aryl methyl sites for hydroxylation is 3. The van der Waals surface area contributed by atoms with Crippen molar-refractivity contribution in [1.82, 2.24) is 9.55 Å². The zero-order valence-electron chi connectivity index (χ0n) is 12.4. The lowest BCUT2D eigenvalue weighted by atomic mass is 10.1. The van der Waals surface area contributed by atoms with Gasteiger partial charge < -0.3 is 9.67 Å². The molecule has 1 unspecified atom stereocenters. The summed E-state index contributed by atoms with van der Waals surface area (Å²) in [5.74, 6) is 1.47. The Kier molecular flexibility index (Phi) is 3.93. The van der Waals surface area contributed by atoms with Crippen molar-refractivity contribution in [2.24, 2.45) is 0 Å². The van der Waals surface area contributed by atoms with Crippen LogP contribution in [0, 0.1) is 13.8 Å². The Hall–Kier alpha value is -1.49. The van der Waals surface area contributed by atoms with Crippen molar-refractivity contribution in [3.05, 3.63) is 29.1 Å². The highest BCUT2D eigenvalue weighted by Crippen LogP contribution is 2.40. The lowest BCUT2D eigenvalue weighted by Crippen LogP contribution is -2.09. The van der Waals surface area contributed by atoms with E-state index in [1.807, 2.05) is 11.8 Å². The number of benzene rings is 1. The molecular weight excluding hydrogens is 284 g/mol. The Morgan fingerprint density at radius 1 is 1.43 bits per heavy atom. The maximum atomic E-state index is 10.9. The van der Waals surface area contributed by atoms with Crippen molar-refractivity contribution >= 4 is 28.8 Å². The average Bonchev–Trinajstić information content (AvgIpc) is 3.04. The van der Waals surface area contributed by atoms with Gasteiger partial charge in [0.05, 0.1) is 22.7 Å². The summed E-state index contributed by atoms with van der Waals surface area (Å²) in [4.78, 5) is 15.8. The van der Waals surface area contributed by atoms with Crippen molar-refractivity contribution < 1.29 is 9.90 Å². The molecule has 1 aliphatic rings. The molecule has 1 N–H and O–H groups in total. The minimum absolute atomic E-state index is 0.142. The number of fused-ring (bicyclic) bond motifs is 1. The number of carboxylic acid groups (broad SMARTS) is 1. The van der Waals surface area contributed by atoms with Gasteiger partial charge in [0.1, 0.15) is 5.82 Å². The van der Waals surface area contributed by atoms with Gasteiger partial charge >= 0.3 is 5.97 Å². The van der Waals surface area contributed by atoms with Crippen LogP contribution in [0.1, 0.15) is 41.5 Å². The molecule has 0 radical (unpaired) electrons. The fourth-order valence-electron chi connectivity index (χ4n) is 2.87. The second kappa shape index (κ2) is 5.72. The van der Waals surface area contributed by atoms with E-state index >= 15 is 0 Å². The van der Waals surface area contributed by atoms with E-state index in [9.17, 15) is 4.79 Å². The van der Waals surface area contributed by atoms with Crippen LogP contribution in [0.5, 0.6) is 0 Å². The minimum atomic E-state index is -0.759. The number of hydrogen-bond donors (Lipinski definition) is 1. The maximum Gasteiger partial charge on any atom is 0.305 e. The van der Waals surface area contributed by atoms with Gasteiger partial charge in [-0.25, -0.2) is 4.98 Å². The van der Waals surface area contributed by atoms with Gasteiger partial charge in [-0.1, -0.05) is 0 Å². The van der Waals surface area contributed by atoms with E-state index in [-0.39, 0.29) is 6.42 Å². The number of aliphatic carboxylic acids is 1. The predicted molar refractivity (Wildman–Crippen MR) is 85.9 cm³/mol. The molecule has 0 saturated carbocycles. The summed E-state index contributed by atoms with van der Waals surface area (Å²) in [6.45, 7) is 4.68. The molecule has 1 atom stereocenters. The summed E-state index contributed by atoms with van der Waals surface area (Å²) in [5, 5.41) is 9.41. The maximum absolute atomic E-state index is 10.9. The lowest BCUT2D eigenvalue weighted by molar-refractivity contribution is -0.137. The first-order chi connectivity index (χ1) is 10.1. The average molecular weight is 304 g/mol. The molecule has 1 aliphatic heterocycles. The Balaban J connectivity index is 2.10. The molecule has 0 amide bonds. The molecule has 4 nitrogen and oxygen atoms in total. The first-order valence-corrected chi connectivity index (χ1v) is 8.42. The number of carbonyl (C=O) groups is 1. The van der Waals surface area contributed by atoms with Gasteiger partial charge in [-0.3, -0.25) is 4.79 Å². The summed E-state index contributed by atoms with van der Waals surface area (Å²) < 4.78 is 2.12. The molecule has 0 spiro atoms. The van der Waals surface area contributed by atoms with Crippen LogP contribution in [-0.2, 0) is 11.3 Å². The van der Waals surface area contributed by atoms with Gasteiger partial charge in [-0.2, -0.15) is 11.8 Å². The van der Waals surface area contributed by atoms with E-state index in [1.165, 1.54) is 23.3 Å². The van der Waals surface area contributed by atoms with Crippen LogP contribution in [-0.4, -0.2) is 26.4 Å². The van der Waals surface area contributed by atoms with Crippen LogP contribution < -0.4 is 0 Å². The van der Waals surface area contributed by atoms with Crippen LogP contribution in [0.4, 0.5) is 0 Å². The van der Waals surface area contributed by atoms with Crippen LogP contribution in [0.3, 0.4) is 0 Å². The summed E-state index contributed by atoms with van der Waals surface area (Å²) in [7, 11) is 0. The minimum Gasteiger partial charge on any atom is -0.481 e. The van der Waals surface area contributed by atoms with E-state index < -0.39 is 5.97 Å². The fraction of sp³-hybridized carbons (Fsp3) is 0.500. The SMILES string of the molecule is Cc1cc2nc(C3CCCS3)n(CCC(=O)O)c2cc1C. The summed E-state index contributed by atoms with van der Waals surface area (Å²) in [6.07, 6.45) is 2.50. The highest BCUT2D eigenvalue weighted by Gasteiger charge is 2.24. The van der Waals surface area contributed by atoms with Crippen molar-refractivity contribution in [3.8, 4) is 0 Å². The highest BCUT2D eigenvalue weighted by atomic mass is 32.2. The Morgan fingerprint density at radius 2 is 2.19 bits per heavy atom. The second-order valence-corrected chi connectivity index (χ2v) is 7.00. The third-order valence-electron chi connectivity index (χ3n) is 4.16. The topological polar surface area (TPSA) is 55.1 Å². The zero-order chi connectivity index (χ0) is 15.0. The summed E-state index contributed by atoms with van der Waals surface area (Å²) in [5.41, 5.74) is 4.52. The molecule has 3 rings (SSSR count). The standard InChI is InChI=1S/C16H20N2O2S/c1-10-8-12-13(9-11(10)2)18(6-5-15(19)20)16(17-12)14-4-3-7-21-14/h8-9,14H,3-7H2,1-2H3,(H,19,20). The Bertz CT molecular complexity index is 687. The Labute approximate surface area is 128 Å². The van der Waals surface area contributed by atoms with Crippen LogP contribution in [0.2, 0.25) is 0 Å². The van der Waals surface area contributed by atoms with Crippen LogP contribution in [0.25, 0.3) is 11.0 Å². The zero-order valence-corrected chi connectivity index (χ0v) is 13.2. The van der Waals surface area contributed by atoms with E-state index in [0.717, 1.165) is 23.3 Å². The normalized spacial score (nSPS) is 18.5. The van der Waals surface area contributed by atoms with Gasteiger partial charge in [0, 0.05) is 6.54 Å². The number of hydrogen-bond acceptors (Lipinski definition) is 3. The molecule has 21 heavy (non-hydrogen) atoms. The molecule has 1 saturated heterocycles. The van der Waals surface area contributed by atoms with Crippen molar-refractivity contribution in [2.45, 2.75) is 44.9 Å². The van der Waals surface area contributed by atoms with E-state index in [0.29, 0.717) is 11.8 Å². The van der Waals surface area contributed by atoms with Gasteiger partial charge in [-0.15, -0.1) is 0 Å². The first-order valence-electron chi connectivity index (χ1n) is 7.37. The predicted octanol–water partition coefficient (Wildman–Crippen LogP) is 3.70. The van der Waals surface area contributed by atoms with E-state index in [2.05, 4.69) is 30.5 Å². The molecule has 1 aromatic carbocycles. The van der Waals surface area contributed by atoms with Crippen molar-refractivity contribution in [2.75, 3.05) is 5.75 Å². The monoisotopic (exact) mass is 304 g/mol. The number of imidazole rings is 1. The quantitative estimate of drug-likeness (QED) is 0.936. The molecule has 112 valence electrons. The highest BCUT2D eigenvalue weighted by molar-refractivity contribution is 7.99. The summed E-state index contributed by atoms with van der Waals surface area (Å²) in [6, 6.07) is 4.26. The molecular formula is C16H20N2O2S. The van der Waals surface area contributed by atoms with Crippen LogP contribution >= 0.6 is 11.8 Å². The van der Waals surface area contributed by atoms with Crippen LogP contribution in [0.15, 0.2) is 12.1 Å². The van der Waals surface area contributed by atoms with E-state index in [1.54, 1.807) is 0 Å². The third-order valence-corrected chi connectivity index (χ3v) is 5.53. The number of rotatable bonds is 4. The van der Waals surface area contributed by atoms with Gasteiger partial charge in [0.2, 0.25) is 0 Å². The van der Waals surface area contributed by atoms with Crippen molar-refractivity contribution in [1.29, 1.82) is 0 Å². The number of carboxylic acids is 1. The van der Waals surface area contributed by atoms with Crippen molar-refractivity contribution in [3.63, 3.8) is 0 Å². The molecule has 5 heteroatoms. The Morgan fingerprint density at radius 3 is 2.86 bits per heavy atom. The molecule has 0 aliphatic carbocycles. The van der Waals surface area contributed by atoms with Gasteiger partial charge in [0.15, 0.2) is 0 Å². The number of nitrogens with zero attached hydrogens (tertiary/aromatic N) is 2. The molecule has 0 bridgehead atoms. The van der Waals surface area contributed by atoms with E-state index in [4.69, 9.17) is 10.1 Å². The molecule has 2 aromatic rings. The molecule has 1 aromatic heterocycles. The van der Waals surface area contributed by atoms with Gasteiger partial charge in [-0.05, 0) is 55.7 Å². The van der Waals surface area contributed by atoms with Gasteiger partial charge in [0.25, 0.3) is 0 Å². The second-order valence-electron chi connectivity index (χ2n) is 5.69. The smallest absolute Gasteiger partial charge is 0.305 e. The largest absolute Gasteiger partial charge is 0.481 e. The fourth-order valence-corrected chi connectivity index (χ4v) is 4.15. The first kappa shape index (κ1) is 14.4. The lowest BCUT2D eigenvalue weighted by Gasteiger charge is -2.12. The molecule has 2 heterocycles. The number of thioether (sulfide) groups is 1. The third kappa shape index (κ3) is 2.79. The number of aromatic nitrogens is 2. The molecule has 1 fully saturated rings. The summed E-state index contributed by atoms with van der Waals surface area (Å²) >= 11 is 1.94.